The van der Waals surface area contributed by atoms with Gasteiger partial charge in [0.05, 0.1) is 13.2 Å². The summed E-state index contributed by atoms with van der Waals surface area (Å²) in [7, 11) is 0. The van der Waals surface area contributed by atoms with E-state index in [2.05, 4.69) is 5.32 Å². The molecule has 0 atom stereocenters. The van der Waals surface area contributed by atoms with E-state index in [1.165, 1.54) is 0 Å². The Labute approximate surface area is 125 Å². The molecular formula is C16H24N2O3. The SMILES string of the molecule is CCOc1cc(N)cc(C(=O)NCC2(CO)CCCC2)c1. The summed E-state index contributed by atoms with van der Waals surface area (Å²) in [6.45, 7) is 3.03. The summed E-state index contributed by atoms with van der Waals surface area (Å²) in [5, 5.41) is 12.5. The number of hydrogen-bond donors (Lipinski definition) is 3. The molecule has 0 unspecified atom stereocenters. The van der Waals surface area contributed by atoms with Gasteiger partial charge in [0.25, 0.3) is 5.91 Å². The molecule has 1 aromatic carbocycles. The van der Waals surface area contributed by atoms with Crippen molar-refractivity contribution in [3.8, 4) is 5.75 Å². The van der Waals surface area contributed by atoms with Gasteiger partial charge in [-0.1, -0.05) is 12.8 Å². The van der Waals surface area contributed by atoms with Gasteiger partial charge in [-0.15, -0.1) is 0 Å². The van der Waals surface area contributed by atoms with Crippen LogP contribution in [0.25, 0.3) is 0 Å². The summed E-state index contributed by atoms with van der Waals surface area (Å²) < 4.78 is 5.40. The molecule has 2 rings (SSSR count). The Bertz CT molecular complexity index is 496. The normalized spacial score (nSPS) is 16.7. The summed E-state index contributed by atoms with van der Waals surface area (Å²) in [5.74, 6) is 0.420. The molecule has 0 heterocycles. The zero-order valence-corrected chi connectivity index (χ0v) is 12.5. The predicted octanol–water partition coefficient (Wildman–Crippen LogP) is 1.95. The van der Waals surface area contributed by atoms with Gasteiger partial charge in [-0.25, -0.2) is 0 Å². The average molecular weight is 292 g/mol. The van der Waals surface area contributed by atoms with Crippen molar-refractivity contribution in [3.05, 3.63) is 23.8 Å². The van der Waals surface area contributed by atoms with E-state index < -0.39 is 0 Å². The Morgan fingerprint density at radius 2 is 2.10 bits per heavy atom. The van der Waals surface area contributed by atoms with Crippen LogP contribution in [0.4, 0.5) is 5.69 Å². The standard InChI is InChI=1S/C16H24N2O3/c1-2-21-14-8-12(7-13(17)9-14)15(20)18-10-16(11-19)5-3-4-6-16/h7-9,19H,2-6,10-11,17H2,1H3,(H,18,20). The minimum atomic E-state index is -0.178. The van der Waals surface area contributed by atoms with Crippen molar-refractivity contribution >= 4 is 11.6 Å². The van der Waals surface area contributed by atoms with Gasteiger partial charge in [0.15, 0.2) is 0 Å². The van der Waals surface area contributed by atoms with Gasteiger partial charge in [0, 0.05) is 29.3 Å². The van der Waals surface area contributed by atoms with Gasteiger partial charge >= 0.3 is 0 Å². The van der Waals surface area contributed by atoms with E-state index in [1.54, 1.807) is 18.2 Å². The number of nitrogen functional groups attached to an aromatic ring is 1. The number of nitrogens with two attached hydrogens (primary N) is 1. The molecule has 1 aliphatic carbocycles. The molecule has 116 valence electrons. The number of aliphatic hydroxyl groups excluding tert-OH is 1. The van der Waals surface area contributed by atoms with E-state index >= 15 is 0 Å². The third-order valence-electron chi connectivity index (χ3n) is 4.13. The van der Waals surface area contributed by atoms with Crippen molar-refractivity contribution in [3.63, 3.8) is 0 Å². The van der Waals surface area contributed by atoms with Crippen LogP contribution in [0.1, 0.15) is 43.0 Å². The molecule has 4 N–H and O–H groups in total. The fourth-order valence-electron chi connectivity index (χ4n) is 2.89. The van der Waals surface area contributed by atoms with Crippen LogP contribution < -0.4 is 15.8 Å². The van der Waals surface area contributed by atoms with Crippen LogP contribution in [-0.4, -0.2) is 30.8 Å². The molecule has 1 aromatic rings. The number of ether oxygens (including phenoxy) is 1. The lowest BCUT2D eigenvalue weighted by Gasteiger charge is -2.26. The first-order valence-electron chi connectivity index (χ1n) is 7.51. The largest absolute Gasteiger partial charge is 0.494 e. The summed E-state index contributed by atoms with van der Waals surface area (Å²) >= 11 is 0. The molecule has 1 fully saturated rings. The highest BCUT2D eigenvalue weighted by Crippen LogP contribution is 2.36. The average Bonchev–Trinajstić information content (AvgIpc) is 2.94. The van der Waals surface area contributed by atoms with Crippen molar-refractivity contribution in [2.45, 2.75) is 32.6 Å². The van der Waals surface area contributed by atoms with Gasteiger partial charge in [0.1, 0.15) is 5.75 Å². The summed E-state index contributed by atoms with van der Waals surface area (Å²) in [6, 6.07) is 5.03. The topological polar surface area (TPSA) is 84.6 Å². The van der Waals surface area contributed by atoms with Crippen molar-refractivity contribution in [2.75, 3.05) is 25.5 Å². The smallest absolute Gasteiger partial charge is 0.251 e. The van der Waals surface area contributed by atoms with Crippen LogP contribution in [0.2, 0.25) is 0 Å². The van der Waals surface area contributed by atoms with Crippen molar-refractivity contribution in [2.24, 2.45) is 5.41 Å². The van der Waals surface area contributed by atoms with E-state index in [0.717, 1.165) is 25.7 Å². The second-order valence-corrected chi connectivity index (χ2v) is 5.77. The lowest BCUT2D eigenvalue weighted by molar-refractivity contribution is 0.0880. The summed E-state index contributed by atoms with van der Waals surface area (Å²) in [4.78, 5) is 12.3. The quantitative estimate of drug-likeness (QED) is 0.700. The molecule has 5 heteroatoms. The molecule has 0 radical (unpaired) electrons. The highest BCUT2D eigenvalue weighted by molar-refractivity contribution is 5.95. The Balaban J connectivity index is 2.02. The molecule has 5 nitrogen and oxygen atoms in total. The van der Waals surface area contributed by atoms with Gasteiger partial charge in [-0.2, -0.15) is 0 Å². The first-order valence-corrected chi connectivity index (χ1v) is 7.51. The lowest BCUT2D eigenvalue weighted by atomic mass is 9.87. The number of carbonyl (C=O) groups is 1. The van der Waals surface area contributed by atoms with Crippen LogP contribution in [0.5, 0.6) is 5.75 Å². The number of nitrogens with one attached hydrogen (secondary N) is 1. The predicted molar refractivity (Wildman–Crippen MR) is 82.3 cm³/mol. The number of carbonyl (C=O) groups excluding carboxylic acids is 1. The van der Waals surface area contributed by atoms with E-state index in [0.29, 0.717) is 30.2 Å². The first kappa shape index (κ1) is 15.6. The molecule has 21 heavy (non-hydrogen) atoms. The number of amides is 1. The Morgan fingerprint density at radius 3 is 2.71 bits per heavy atom. The van der Waals surface area contributed by atoms with Crippen molar-refractivity contribution < 1.29 is 14.6 Å². The fourth-order valence-corrected chi connectivity index (χ4v) is 2.89. The number of benzene rings is 1. The fraction of sp³-hybridized carbons (Fsp3) is 0.562. The Hall–Kier alpha value is -1.75. The Kier molecular flexibility index (Phi) is 5.07. The number of hydrogen-bond acceptors (Lipinski definition) is 4. The van der Waals surface area contributed by atoms with E-state index in [1.807, 2.05) is 6.92 Å². The Morgan fingerprint density at radius 1 is 1.38 bits per heavy atom. The van der Waals surface area contributed by atoms with Gasteiger partial charge in [-0.3, -0.25) is 4.79 Å². The molecule has 0 spiro atoms. The van der Waals surface area contributed by atoms with Crippen LogP contribution in [0.15, 0.2) is 18.2 Å². The van der Waals surface area contributed by atoms with Crippen LogP contribution in [-0.2, 0) is 0 Å². The minimum absolute atomic E-state index is 0.119. The van der Waals surface area contributed by atoms with Crippen LogP contribution in [0, 0.1) is 5.41 Å². The first-order chi connectivity index (χ1) is 10.1. The highest BCUT2D eigenvalue weighted by Gasteiger charge is 2.33. The molecule has 0 aromatic heterocycles. The zero-order chi connectivity index (χ0) is 15.3. The van der Waals surface area contributed by atoms with Gasteiger partial charge < -0.3 is 20.9 Å². The molecule has 1 aliphatic rings. The second kappa shape index (κ2) is 6.80. The molecule has 1 amide bonds. The third kappa shape index (κ3) is 3.88. The lowest BCUT2D eigenvalue weighted by Crippen LogP contribution is -2.38. The zero-order valence-electron chi connectivity index (χ0n) is 12.5. The molecule has 0 bridgehead atoms. The number of anilines is 1. The molecule has 1 saturated carbocycles. The highest BCUT2D eigenvalue weighted by atomic mass is 16.5. The van der Waals surface area contributed by atoms with Crippen molar-refractivity contribution in [1.29, 1.82) is 0 Å². The maximum Gasteiger partial charge on any atom is 0.251 e. The molecule has 0 aliphatic heterocycles. The number of aliphatic hydroxyl groups is 1. The van der Waals surface area contributed by atoms with Crippen LogP contribution in [0.3, 0.4) is 0 Å². The second-order valence-electron chi connectivity index (χ2n) is 5.77. The van der Waals surface area contributed by atoms with Gasteiger partial charge in [0.2, 0.25) is 0 Å². The van der Waals surface area contributed by atoms with E-state index in [9.17, 15) is 9.90 Å². The number of rotatable bonds is 6. The van der Waals surface area contributed by atoms with Crippen molar-refractivity contribution in [1.82, 2.24) is 5.32 Å². The van der Waals surface area contributed by atoms with Crippen LogP contribution >= 0.6 is 0 Å². The van der Waals surface area contributed by atoms with Gasteiger partial charge in [-0.05, 0) is 31.9 Å². The monoisotopic (exact) mass is 292 g/mol. The maximum absolute atomic E-state index is 12.3. The summed E-state index contributed by atoms with van der Waals surface area (Å²) in [5.41, 5.74) is 6.64. The minimum Gasteiger partial charge on any atom is -0.494 e. The summed E-state index contributed by atoms with van der Waals surface area (Å²) in [6.07, 6.45) is 4.15. The third-order valence-corrected chi connectivity index (χ3v) is 4.13. The molecule has 0 saturated heterocycles. The maximum atomic E-state index is 12.3. The van der Waals surface area contributed by atoms with E-state index in [4.69, 9.17) is 10.5 Å². The van der Waals surface area contributed by atoms with E-state index in [-0.39, 0.29) is 17.9 Å². The molecular weight excluding hydrogens is 268 g/mol.